The molecule has 0 radical (unpaired) electrons. The molecule has 1 aliphatic rings. The summed E-state index contributed by atoms with van der Waals surface area (Å²) in [6.45, 7) is 0. The molecule has 0 saturated heterocycles. The highest BCUT2D eigenvalue weighted by atomic mass is 32.2. The van der Waals surface area contributed by atoms with Crippen molar-refractivity contribution in [1.82, 2.24) is 20.2 Å². The third-order valence-corrected chi connectivity index (χ3v) is 4.27. The van der Waals surface area contributed by atoms with Crippen molar-refractivity contribution in [3.8, 4) is 0 Å². The first kappa shape index (κ1) is 13.0. The van der Waals surface area contributed by atoms with E-state index in [1.807, 2.05) is 0 Å². The van der Waals surface area contributed by atoms with Crippen molar-refractivity contribution in [2.24, 2.45) is 0 Å². The lowest BCUT2D eigenvalue weighted by atomic mass is 9.94. The van der Waals surface area contributed by atoms with Crippen LogP contribution in [0.1, 0.15) is 30.1 Å². The predicted octanol–water partition coefficient (Wildman–Crippen LogP) is -0.547. The number of hydrogen-bond donors (Lipinski definition) is 3. The molecule has 1 atom stereocenters. The highest BCUT2D eigenvalue weighted by molar-refractivity contribution is 7.90. The van der Waals surface area contributed by atoms with Crippen LogP contribution in [0.25, 0.3) is 0 Å². The summed E-state index contributed by atoms with van der Waals surface area (Å²) in [5.41, 5.74) is 1.97. The van der Waals surface area contributed by atoms with Gasteiger partial charge in [-0.05, 0) is 31.9 Å². The van der Waals surface area contributed by atoms with Crippen molar-refractivity contribution >= 4 is 15.9 Å². The number of carbonyl (C=O) groups excluding carboxylic acids is 1. The fourth-order valence-electron chi connectivity index (χ4n) is 2.09. The van der Waals surface area contributed by atoms with E-state index in [1.165, 1.54) is 7.05 Å². The number of hydrogen-bond acceptors (Lipinski definition) is 4. The van der Waals surface area contributed by atoms with E-state index >= 15 is 0 Å². The van der Waals surface area contributed by atoms with Crippen molar-refractivity contribution in [2.45, 2.75) is 25.3 Å². The molecule has 2 rings (SSSR count). The number of sulfonamides is 1. The highest BCUT2D eigenvalue weighted by Crippen LogP contribution is 2.27. The first-order valence-corrected chi connectivity index (χ1v) is 7.40. The highest BCUT2D eigenvalue weighted by Gasteiger charge is 2.25. The number of H-pyrrole nitrogens is 1. The Morgan fingerprint density at radius 1 is 1.61 bits per heavy atom. The third-order valence-electron chi connectivity index (χ3n) is 3.01. The number of aromatic amines is 1. The summed E-state index contributed by atoms with van der Waals surface area (Å²) in [5.74, 6) is -1.06. The molecule has 0 bridgehead atoms. The number of amides is 1. The Morgan fingerprint density at radius 2 is 2.39 bits per heavy atom. The van der Waals surface area contributed by atoms with Crippen molar-refractivity contribution in [3.05, 3.63) is 17.5 Å². The number of nitrogens with zero attached hydrogens (tertiary/aromatic N) is 1. The maximum atomic E-state index is 11.7. The number of nitrogens with one attached hydrogen (secondary N) is 3. The van der Waals surface area contributed by atoms with Crippen LogP contribution in [0.5, 0.6) is 0 Å². The summed E-state index contributed by atoms with van der Waals surface area (Å²) < 4.78 is 24.6. The average molecular weight is 272 g/mol. The topological polar surface area (TPSA) is 104 Å². The summed E-state index contributed by atoms with van der Waals surface area (Å²) in [4.78, 5) is 11.7. The van der Waals surface area contributed by atoms with Gasteiger partial charge in [-0.3, -0.25) is 9.89 Å². The van der Waals surface area contributed by atoms with E-state index in [2.05, 4.69) is 20.2 Å². The van der Waals surface area contributed by atoms with Crippen LogP contribution in [0.4, 0.5) is 0 Å². The molecule has 7 nitrogen and oxygen atoms in total. The SMILES string of the molecule is CNS(=O)(=O)CC(=O)NC1CCCc2cn[nH]c21. The largest absolute Gasteiger partial charge is 0.347 e. The van der Waals surface area contributed by atoms with Crippen LogP contribution in [0.2, 0.25) is 0 Å². The van der Waals surface area contributed by atoms with Gasteiger partial charge < -0.3 is 5.32 Å². The number of carbonyl (C=O) groups is 1. The van der Waals surface area contributed by atoms with Gasteiger partial charge in [0.05, 0.1) is 17.9 Å². The fraction of sp³-hybridized carbons (Fsp3) is 0.600. The minimum absolute atomic E-state index is 0.171. The molecule has 100 valence electrons. The Hall–Kier alpha value is -1.41. The minimum atomic E-state index is -3.52. The van der Waals surface area contributed by atoms with Gasteiger partial charge in [-0.15, -0.1) is 0 Å². The molecule has 1 unspecified atom stereocenters. The van der Waals surface area contributed by atoms with Crippen molar-refractivity contribution in [2.75, 3.05) is 12.8 Å². The number of aryl methyl sites for hydroxylation is 1. The Kier molecular flexibility index (Phi) is 3.67. The van der Waals surface area contributed by atoms with Gasteiger partial charge in [0, 0.05) is 0 Å². The van der Waals surface area contributed by atoms with E-state index in [1.54, 1.807) is 6.20 Å². The maximum absolute atomic E-state index is 11.7. The fourth-order valence-corrected chi connectivity index (χ4v) is 2.66. The van der Waals surface area contributed by atoms with Crippen LogP contribution < -0.4 is 10.0 Å². The van der Waals surface area contributed by atoms with Crippen LogP contribution in [0.15, 0.2) is 6.20 Å². The molecule has 1 heterocycles. The lowest BCUT2D eigenvalue weighted by molar-refractivity contribution is -0.119. The zero-order valence-corrected chi connectivity index (χ0v) is 10.9. The van der Waals surface area contributed by atoms with Crippen LogP contribution >= 0.6 is 0 Å². The summed E-state index contributed by atoms with van der Waals surface area (Å²) >= 11 is 0. The molecule has 0 saturated carbocycles. The maximum Gasteiger partial charge on any atom is 0.237 e. The molecule has 8 heteroatoms. The van der Waals surface area contributed by atoms with Crippen molar-refractivity contribution in [3.63, 3.8) is 0 Å². The quantitative estimate of drug-likeness (QED) is 0.684. The molecular formula is C10H16N4O3S. The Balaban J connectivity index is 2.02. The van der Waals surface area contributed by atoms with Gasteiger partial charge in [-0.25, -0.2) is 13.1 Å². The number of aromatic nitrogens is 2. The van der Waals surface area contributed by atoms with Gasteiger partial charge >= 0.3 is 0 Å². The van der Waals surface area contributed by atoms with E-state index < -0.39 is 21.7 Å². The third kappa shape index (κ3) is 2.88. The molecular weight excluding hydrogens is 256 g/mol. The van der Waals surface area contributed by atoms with Gasteiger partial charge in [0.2, 0.25) is 15.9 Å². The Bertz CT molecular complexity index is 537. The molecule has 0 spiro atoms. The van der Waals surface area contributed by atoms with Gasteiger partial charge in [0.15, 0.2) is 0 Å². The molecule has 0 aromatic carbocycles. The van der Waals surface area contributed by atoms with Crippen LogP contribution in [-0.4, -0.2) is 37.3 Å². The van der Waals surface area contributed by atoms with E-state index in [-0.39, 0.29) is 6.04 Å². The zero-order valence-electron chi connectivity index (χ0n) is 10.1. The summed E-state index contributed by atoms with van der Waals surface area (Å²) in [6, 6.07) is -0.171. The first-order chi connectivity index (χ1) is 8.52. The van der Waals surface area contributed by atoms with Gasteiger partial charge in [0.25, 0.3) is 0 Å². The van der Waals surface area contributed by atoms with Crippen LogP contribution in [0.3, 0.4) is 0 Å². The molecule has 3 N–H and O–H groups in total. The smallest absolute Gasteiger partial charge is 0.237 e. The lowest BCUT2D eigenvalue weighted by Crippen LogP contribution is -2.38. The second-order valence-corrected chi connectivity index (χ2v) is 6.21. The normalized spacial score (nSPS) is 19.3. The Labute approximate surface area is 105 Å². The van der Waals surface area contributed by atoms with Crippen LogP contribution in [-0.2, 0) is 21.2 Å². The van der Waals surface area contributed by atoms with Gasteiger partial charge in [0.1, 0.15) is 5.75 Å². The predicted molar refractivity (Wildman–Crippen MR) is 65.3 cm³/mol. The minimum Gasteiger partial charge on any atom is -0.347 e. The molecule has 1 aliphatic carbocycles. The number of rotatable bonds is 4. The molecule has 1 aromatic rings. The van der Waals surface area contributed by atoms with Crippen LogP contribution in [0, 0.1) is 0 Å². The van der Waals surface area contributed by atoms with E-state index in [0.29, 0.717) is 0 Å². The van der Waals surface area contributed by atoms with Crippen molar-refractivity contribution < 1.29 is 13.2 Å². The van der Waals surface area contributed by atoms with Gasteiger partial charge in [-0.2, -0.15) is 5.10 Å². The second kappa shape index (κ2) is 5.07. The monoisotopic (exact) mass is 272 g/mol. The standard InChI is InChI=1S/C10H16N4O3S/c1-11-18(16,17)6-9(15)13-8-4-2-3-7-5-12-14-10(7)8/h5,8,11H,2-4,6H2,1H3,(H,12,14)(H,13,15). The molecule has 0 aliphatic heterocycles. The summed E-state index contributed by atoms with van der Waals surface area (Å²) in [7, 11) is -2.23. The molecule has 1 aromatic heterocycles. The van der Waals surface area contributed by atoms with Gasteiger partial charge in [-0.1, -0.05) is 0 Å². The zero-order chi connectivity index (χ0) is 13.2. The molecule has 18 heavy (non-hydrogen) atoms. The number of fused-ring (bicyclic) bond motifs is 1. The summed E-state index contributed by atoms with van der Waals surface area (Å²) in [5, 5.41) is 9.53. The molecule has 1 amide bonds. The van der Waals surface area contributed by atoms with Crippen molar-refractivity contribution in [1.29, 1.82) is 0 Å². The average Bonchev–Trinajstić information content (AvgIpc) is 2.77. The lowest BCUT2D eigenvalue weighted by Gasteiger charge is -2.22. The van der Waals surface area contributed by atoms with E-state index in [4.69, 9.17) is 0 Å². The van der Waals surface area contributed by atoms with E-state index in [9.17, 15) is 13.2 Å². The summed E-state index contributed by atoms with van der Waals surface area (Å²) in [6.07, 6.45) is 4.43. The van der Waals surface area contributed by atoms with E-state index in [0.717, 1.165) is 30.5 Å². The second-order valence-electron chi connectivity index (χ2n) is 4.28. The first-order valence-electron chi connectivity index (χ1n) is 5.74. The Morgan fingerprint density at radius 3 is 3.11 bits per heavy atom. The molecule has 0 fully saturated rings.